The number of para-hydroxylation sites is 1. The molecule has 3 rings (SSSR count). The predicted octanol–water partition coefficient (Wildman–Crippen LogP) is 2.59. The summed E-state index contributed by atoms with van der Waals surface area (Å²) in [5.41, 5.74) is 2.37. The fraction of sp³-hybridized carbons (Fsp3) is 0. The first kappa shape index (κ1) is 9.78. The molecule has 0 unspecified atom stereocenters. The van der Waals surface area contributed by atoms with Crippen LogP contribution in [0, 0.1) is 0 Å². The zero-order chi connectivity index (χ0) is 11.7. The average Bonchev–Trinajstić information content (AvgIpc) is 2.40. The van der Waals surface area contributed by atoms with Gasteiger partial charge in [0.2, 0.25) is 0 Å². The fourth-order valence-corrected chi connectivity index (χ4v) is 1.86. The molecule has 3 aromatic rings. The highest BCUT2D eigenvalue weighted by atomic mass is 16.1. The van der Waals surface area contributed by atoms with Crippen LogP contribution in [0.3, 0.4) is 0 Å². The van der Waals surface area contributed by atoms with Crippen molar-refractivity contribution in [2.45, 2.75) is 0 Å². The molecule has 0 spiro atoms. The molecule has 2 heterocycles. The molecule has 1 aromatic carbocycles. The first-order chi connectivity index (χ1) is 8.34. The number of rotatable bonds is 1. The van der Waals surface area contributed by atoms with E-state index in [1.54, 1.807) is 12.3 Å². The maximum Gasteiger partial charge on any atom is 0.190 e. The van der Waals surface area contributed by atoms with E-state index in [1.165, 1.54) is 0 Å². The van der Waals surface area contributed by atoms with E-state index in [1.807, 2.05) is 42.5 Å². The minimum Gasteiger partial charge on any atom is -0.353 e. The van der Waals surface area contributed by atoms with Crippen LogP contribution in [0.15, 0.2) is 59.5 Å². The van der Waals surface area contributed by atoms with Crippen LogP contribution in [0.2, 0.25) is 0 Å². The van der Waals surface area contributed by atoms with Crippen molar-refractivity contribution in [2.75, 3.05) is 0 Å². The van der Waals surface area contributed by atoms with E-state index < -0.39 is 0 Å². The summed E-state index contributed by atoms with van der Waals surface area (Å²) in [5, 5.41) is 0.701. The zero-order valence-electron chi connectivity index (χ0n) is 9.05. The summed E-state index contributed by atoms with van der Waals surface area (Å²) in [6.07, 6.45) is 1.71. The fourth-order valence-electron chi connectivity index (χ4n) is 1.86. The number of nitrogens with zero attached hydrogens (tertiary/aromatic N) is 1. The molecule has 0 saturated carbocycles. The number of hydrogen-bond acceptors (Lipinski definition) is 2. The van der Waals surface area contributed by atoms with Crippen LogP contribution in [-0.2, 0) is 0 Å². The minimum absolute atomic E-state index is 0.0139. The highest BCUT2D eigenvalue weighted by Crippen LogP contribution is 2.15. The van der Waals surface area contributed by atoms with Gasteiger partial charge in [0.1, 0.15) is 0 Å². The normalized spacial score (nSPS) is 10.6. The molecule has 0 saturated heterocycles. The van der Waals surface area contributed by atoms with E-state index in [0.29, 0.717) is 5.39 Å². The van der Waals surface area contributed by atoms with Gasteiger partial charge < -0.3 is 4.98 Å². The number of fused-ring (bicyclic) bond motifs is 1. The average molecular weight is 222 g/mol. The number of hydrogen-bond donors (Lipinski definition) is 1. The Morgan fingerprint density at radius 2 is 1.82 bits per heavy atom. The molecular formula is C14H10N2O. The van der Waals surface area contributed by atoms with Gasteiger partial charge in [0, 0.05) is 23.2 Å². The highest BCUT2D eigenvalue weighted by Gasteiger charge is 2.03. The summed E-state index contributed by atoms with van der Waals surface area (Å²) in [5.74, 6) is 0. The van der Waals surface area contributed by atoms with Crippen LogP contribution in [0.1, 0.15) is 0 Å². The molecule has 0 bridgehead atoms. The Balaban J connectivity index is 2.30. The molecule has 3 nitrogen and oxygen atoms in total. The number of aromatic nitrogens is 2. The van der Waals surface area contributed by atoms with Crippen LogP contribution in [0.25, 0.3) is 22.3 Å². The maximum absolute atomic E-state index is 11.9. The molecule has 1 N–H and O–H groups in total. The lowest BCUT2D eigenvalue weighted by Crippen LogP contribution is -2.03. The van der Waals surface area contributed by atoms with E-state index >= 15 is 0 Å². The first-order valence-corrected chi connectivity index (χ1v) is 5.38. The smallest absolute Gasteiger partial charge is 0.190 e. The third-order valence-electron chi connectivity index (χ3n) is 2.68. The molecule has 0 atom stereocenters. The third-order valence-corrected chi connectivity index (χ3v) is 2.68. The van der Waals surface area contributed by atoms with Crippen molar-refractivity contribution >= 4 is 10.9 Å². The van der Waals surface area contributed by atoms with Gasteiger partial charge in [-0.3, -0.25) is 9.78 Å². The summed E-state index contributed by atoms with van der Waals surface area (Å²) in [7, 11) is 0. The van der Waals surface area contributed by atoms with E-state index in [-0.39, 0.29) is 5.43 Å². The molecule has 0 radical (unpaired) electrons. The topological polar surface area (TPSA) is 45.8 Å². The number of nitrogens with one attached hydrogen (secondary N) is 1. The van der Waals surface area contributed by atoms with Crippen LogP contribution >= 0.6 is 0 Å². The second-order valence-corrected chi connectivity index (χ2v) is 3.81. The lowest BCUT2D eigenvalue weighted by Gasteiger charge is -2.03. The predicted molar refractivity (Wildman–Crippen MR) is 67.8 cm³/mol. The highest BCUT2D eigenvalue weighted by molar-refractivity contribution is 5.80. The molecular weight excluding hydrogens is 212 g/mol. The molecule has 0 amide bonds. The Hall–Kier alpha value is -2.42. The number of pyridine rings is 2. The largest absolute Gasteiger partial charge is 0.353 e. The van der Waals surface area contributed by atoms with Crippen LogP contribution < -0.4 is 5.43 Å². The first-order valence-electron chi connectivity index (χ1n) is 5.38. The second kappa shape index (κ2) is 3.87. The van der Waals surface area contributed by atoms with E-state index in [0.717, 1.165) is 16.9 Å². The van der Waals surface area contributed by atoms with Crippen molar-refractivity contribution in [3.8, 4) is 11.4 Å². The van der Waals surface area contributed by atoms with Gasteiger partial charge in [-0.15, -0.1) is 0 Å². The zero-order valence-corrected chi connectivity index (χ0v) is 9.05. The quantitative estimate of drug-likeness (QED) is 0.687. The standard InChI is InChI=1S/C14H10N2O/c17-14-9-13(12-7-3-4-8-15-12)16-11-6-2-1-5-10(11)14/h1-9H,(H,16,17). The lowest BCUT2D eigenvalue weighted by molar-refractivity contribution is 1.27. The van der Waals surface area contributed by atoms with Gasteiger partial charge >= 0.3 is 0 Å². The van der Waals surface area contributed by atoms with Crippen LogP contribution in [0.5, 0.6) is 0 Å². The Morgan fingerprint density at radius 1 is 1.00 bits per heavy atom. The Kier molecular flexibility index (Phi) is 2.22. The monoisotopic (exact) mass is 222 g/mol. The summed E-state index contributed by atoms with van der Waals surface area (Å²) < 4.78 is 0. The van der Waals surface area contributed by atoms with E-state index in [2.05, 4.69) is 9.97 Å². The van der Waals surface area contributed by atoms with Crippen molar-refractivity contribution in [1.82, 2.24) is 9.97 Å². The molecule has 82 valence electrons. The molecule has 17 heavy (non-hydrogen) atoms. The van der Waals surface area contributed by atoms with Crippen molar-refractivity contribution in [2.24, 2.45) is 0 Å². The molecule has 0 aliphatic carbocycles. The van der Waals surface area contributed by atoms with Gasteiger partial charge in [0.25, 0.3) is 0 Å². The van der Waals surface area contributed by atoms with Crippen molar-refractivity contribution in [3.63, 3.8) is 0 Å². The summed E-state index contributed by atoms with van der Waals surface area (Å²) in [6, 6.07) is 14.7. The summed E-state index contributed by atoms with van der Waals surface area (Å²) >= 11 is 0. The maximum atomic E-state index is 11.9. The van der Waals surface area contributed by atoms with Crippen LogP contribution in [0.4, 0.5) is 0 Å². The summed E-state index contributed by atoms with van der Waals surface area (Å²) in [6.45, 7) is 0. The van der Waals surface area contributed by atoms with Gasteiger partial charge in [-0.25, -0.2) is 0 Å². The third kappa shape index (κ3) is 1.72. The van der Waals surface area contributed by atoms with Crippen molar-refractivity contribution < 1.29 is 0 Å². The van der Waals surface area contributed by atoms with E-state index in [9.17, 15) is 4.79 Å². The van der Waals surface area contributed by atoms with E-state index in [4.69, 9.17) is 0 Å². The van der Waals surface area contributed by atoms with Crippen molar-refractivity contribution in [3.05, 3.63) is 65.0 Å². The lowest BCUT2D eigenvalue weighted by atomic mass is 10.1. The Bertz CT molecular complexity index is 717. The minimum atomic E-state index is 0.0139. The van der Waals surface area contributed by atoms with Gasteiger partial charge in [0.05, 0.1) is 11.4 Å². The van der Waals surface area contributed by atoms with Crippen LogP contribution in [-0.4, -0.2) is 9.97 Å². The van der Waals surface area contributed by atoms with Gasteiger partial charge in [-0.2, -0.15) is 0 Å². The SMILES string of the molecule is O=c1cc(-c2ccccn2)[nH]c2ccccc12. The molecule has 0 fully saturated rings. The van der Waals surface area contributed by atoms with Crippen molar-refractivity contribution in [1.29, 1.82) is 0 Å². The van der Waals surface area contributed by atoms with Gasteiger partial charge in [0.15, 0.2) is 5.43 Å². The number of aromatic amines is 1. The Morgan fingerprint density at radius 3 is 2.65 bits per heavy atom. The Labute approximate surface area is 97.8 Å². The molecule has 0 aliphatic heterocycles. The van der Waals surface area contributed by atoms with Gasteiger partial charge in [-0.1, -0.05) is 18.2 Å². The molecule has 2 aromatic heterocycles. The van der Waals surface area contributed by atoms with Gasteiger partial charge in [-0.05, 0) is 24.3 Å². The summed E-state index contributed by atoms with van der Waals surface area (Å²) in [4.78, 5) is 19.4. The number of H-pyrrole nitrogens is 1. The second-order valence-electron chi connectivity index (χ2n) is 3.81. The molecule has 3 heteroatoms. The molecule has 0 aliphatic rings. The number of benzene rings is 1.